The minimum Gasteiger partial charge on any atom is -0.370 e. The van der Waals surface area contributed by atoms with Crippen molar-refractivity contribution in [2.24, 2.45) is 11.5 Å². The molecule has 0 spiro atoms. The quantitative estimate of drug-likeness (QED) is 0.560. The van der Waals surface area contributed by atoms with Gasteiger partial charge in [-0.05, 0) is 6.26 Å². The second-order valence-corrected chi connectivity index (χ2v) is 2.84. The first-order chi connectivity index (χ1) is 4.57. The topological polar surface area (TPSA) is 86.2 Å². The Bertz CT molecular complexity index is 149. The average Bonchev–Trinajstić information content (AvgIpc) is 1.81. The fraction of sp³-hybridized carbons (Fsp3) is 0.600. The molecule has 58 valence electrons. The van der Waals surface area contributed by atoms with E-state index in [4.69, 9.17) is 11.5 Å². The van der Waals surface area contributed by atoms with Crippen molar-refractivity contribution < 1.29 is 9.59 Å². The first-order valence-electron chi connectivity index (χ1n) is 2.68. The van der Waals surface area contributed by atoms with Crippen LogP contribution >= 0.6 is 11.8 Å². The largest absolute Gasteiger partial charge is 0.370 e. The van der Waals surface area contributed by atoms with Gasteiger partial charge in [0, 0.05) is 6.42 Å². The van der Waals surface area contributed by atoms with Gasteiger partial charge in [0.15, 0.2) is 0 Å². The standard InChI is InChI=1S/C5H10N2O2S/c1-10-3(5(7)9)2-4(6)8/h3H,2H2,1H3,(H2,6,8)(H2,7,9)/t3-/m0/s1. The summed E-state index contributed by atoms with van der Waals surface area (Å²) in [4.78, 5) is 20.7. The predicted octanol–water partition coefficient (Wildman–Crippen LogP) is -0.921. The number of primary amides is 2. The predicted molar refractivity (Wildman–Crippen MR) is 40.3 cm³/mol. The molecule has 0 radical (unpaired) electrons. The van der Waals surface area contributed by atoms with E-state index >= 15 is 0 Å². The van der Waals surface area contributed by atoms with Gasteiger partial charge in [0.2, 0.25) is 11.8 Å². The van der Waals surface area contributed by atoms with Crippen molar-refractivity contribution in [1.82, 2.24) is 0 Å². The highest BCUT2D eigenvalue weighted by atomic mass is 32.2. The van der Waals surface area contributed by atoms with Crippen molar-refractivity contribution >= 4 is 23.6 Å². The lowest BCUT2D eigenvalue weighted by Crippen LogP contribution is -2.30. The average molecular weight is 162 g/mol. The number of carbonyl (C=O) groups is 2. The monoisotopic (exact) mass is 162 g/mol. The zero-order chi connectivity index (χ0) is 8.15. The van der Waals surface area contributed by atoms with E-state index in [9.17, 15) is 9.59 Å². The number of hydrogen-bond donors (Lipinski definition) is 2. The second kappa shape index (κ2) is 4.16. The molecule has 10 heavy (non-hydrogen) atoms. The lowest BCUT2D eigenvalue weighted by Gasteiger charge is -2.05. The summed E-state index contributed by atoms with van der Waals surface area (Å²) in [7, 11) is 0. The van der Waals surface area contributed by atoms with Crippen molar-refractivity contribution in [1.29, 1.82) is 0 Å². The van der Waals surface area contributed by atoms with Crippen molar-refractivity contribution in [2.75, 3.05) is 6.26 Å². The van der Waals surface area contributed by atoms with Gasteiger partial charge in [-0.2, -0.15) is 11.8 Å². The van der Waals surface area contributed by atoms with Crippen LogP contribution in [0, 0.1) is 0 Å². The van der Waals surface area contributed by atoms with Gasteiger partial charge in [-0.25, -0.2) is 0 Å². The van der Waals surface area contributed by atoms with Crippen LogP contribution in [0.5, 0.6) is 0 Å². The van der Waals surface area contributed by atoms with Crippen LogP contribution in [0.4, 0.5) is 0 Å². The van der Waals surface area contributed by atoms with Crippen LogP contribution in [0.25, 0.3) is 0 Å². The second-order valence-electron chi connectivity index (χ2n) is 1.80. The van der Waals surface area contributed by atoms with Crippen molar-refractivity contribution in [3.63, 3.8) is 0 Å². The minimum absolute atomic E-state index is 0.0243. The summed E-state index contributed by atoms with van der Waals surface area (Å²) < 4.78 is 0. The number of hydrogen-bond acceptors (Lipinski definition) is 3. The Kier molecular flexibility index (Phi) is 3.87. The van der Waals surface area contributed by atoms with Gasteiger partial charge < -0.3 is 11.5 Å². The van der Waals surface area contributed by atoms with E-state index in [2.05, 4.69) is 0 Å². The molecule has 4 nitrogen and oxygen atoms in total. The third-order valence-electron chi connectivity index (χ3n) is 0.988. The molecule has 0 aromatic heterocycles. The van der Waals surface area contributed by atoms with E-state index in [1.54, 1.807) is 6.26 Å². The van der Waals surface area contributed by atoms with Gasteiger partial charge in [-0.3, -0.25) is 9.59 Å². The van der Waals surface area contributed by atoms with Crippen molar-refractivity contribution in [2.45, 2.75) is 11.7 Å². The zero-order valence-electron chi connectivity index (χ0n) is 5.66. The maximum Gasteiger partial charge on any atom is 0.231 e. The van der Waals surface area contributed by atoms with Gasteiger partial charge >= 0.3 is 0 Å². The molecule has 0 saturated heterocycles. The van der Waals surface area contributed by atoms with Crippen molar-refractivity contribution in [3.8, 4) is 0 Å². The summed E-state index contributed by atoms with van der Waals surface area (Å²) in [6.07, 6.45) is 1.73. The molecule has 0 rings (SSSR count). The van der Waals surface area contributed by atoms with E-state index in [1.807, 2.05) is 0 Å². The van der Waals surface area contributed by atoms with Gasteiger partial charge in [0.25, 0.3) is 0 Å². The van der Waals surface area contributed by atoms with E-state index < -0.39 is 17.1 Å². The summed E-state index contributed by atoms with van der Waals surface area (Å²) in [5.74, 6) is -0.996. The molecule has 1 atom stereocenters. The molecule has 0 bridgehead atoms. The molecule has 0 aromatic rings. The molecule has 0 saturated carbocycles. The summed E-state index contributed by atoms with van der Waals surface area (Å²) in [5, 5.41) is -0.475. The first-order valence-corrected chi connectivity index (χ1v) is 3.97. The molecular formula is C5H10N2O2S. The number of amides is 2. The van der Waals surface area contributed by atoms with Crippen LogP contribution < -0.4 is 11.5 Å². The highest BCUT2D eigenvalue weighted by Crippen LogP contribution is 2.08. The summed E-state index contributed by atoms with van der Waals surface area (Å²) in [5.41, 5.74) is 9.77. The van der Waals surface area contributed by atoms with Crippen LogP contribution in [-0.4, -0.2) is 23.3 Å². The maximum absolute atomic E-state index is 10.5. The van der Waals surface area contributed by atoms with Crippen LogP contribution in [0.2, 0.25) is 0 Å². The molecule has 2 amide bonds. The molecule has 0 heterocycles. The number of nitrogens with two attached hydrogens (primary N) is 2. The normalized spacial score (nSPS) is 12.5. The Morgan fingerprint density at radius 1 is 1.50 bits per heavy atom. The molecule has 0 aromatic carbocycles. The third-order valence-corrected chi connectivity index (χ3v) is 1.96. The highest BCUT2D eigenvalue weighted by Gasteiger charge is 2.15. The fourth-order valence-corrected chi connectivity index (χ4v) is 1.05. The number of carbonyl (C=O) groups excluding carboxylic acids is 2. The summed E-state index contributed by atoms with van der Waals surface area (Å²) in [6, 6.07) is 0. The Hall–Kier alpha value is -0.710. The molecule has 5 heteroatoms. The van der Waals surface area contributed by atoms with Crippen LogP contribution in [-0.2, 0) is 9.59 Å². The van der Waals surface area contributed by atoms with E-state index in [0.29, 0.717) is 0 Å². The molecule has 0 unspecified atom stereocenters. The van der Waals surface area contributed by atoms with Gasteiger partial charge in [-0.1, -0.05) is 0 Å². The lowest BCUT2D eigenvalue weighted by atomic mass is 10.3. The van der Waals surface area contributed by atoms with Crippen molar-refractivity contribution in [3.05, 3.63) is 0 Å². The zero-order valence-corrected chi connectivity index (χ0v) is 6.48. The fourth-order valence-electron chi connectivity index (χ4n) is 0.483. The Balaban J connectivity index is 3.83. The van der Waals surface area contributed by atoms with E-state index in [1.165, 1.54) is 11.8 Å². The highest BCUT2D eigenvalue weighted by molar-refractivity contribution is 7.99. The van der Waals surface area contributed by atoms with Gasteiger partial charge in [0.1, 0.15) is 0 Å². The molecule has 0 aliphatic rings. The smallest absolute Gasteiger partial charge is 0.231 e. The van der Waals surface area contributed by atoms with Crippen LogP contribution in [0.1, 0.15) is 6.42 Å². The molecule has 0 fully saturated rings. The molecule has 0 aliphatic carbocycles. The molecule has 0 aliphatic heterocycles. The SMILES string of the molecule is CS[C@@H](CC(N)=O)C(N)=O. The maximum atomic E-state index is 10.5. The molecular weight excluding hydrogens is 152 g/mol. The number of rotatable bonds is 4. The molecule has 4 N–H and O–H groups in total. The van der Waals surface area contributed by atoms with E-state index in [-0.39, 0.29) is 6.42 Å². The summed E-state index contributed by atoms with van der Waals surface area (Å²) >= 11 is 1.23. The first kappa shape index (κ1) is 9.29. The van der Waals surface area contributed by atoms with Crippen LogP contribution in [0.3, 0.4) is 0 Å². The Labute approximate surface area is 63.3 Å². The summed E-state index contributed by atoms with van der Waals surface area (Å²) in [6.45, 7) is 0. The minimum atomic E-state index is -0.502. The number of thioether (sulfide) groups is 1. The van der Waals surface area contributed by atoms with Gasteiger partial charge in [-0.15, -0.1) is 0 Å². The van der Waals surface area contributed by atoms with Crippen LogP contribution in [0.15, 0.2) is 0 Å². The van der Waals surface area contributed by atoms with E-state index in [0.717, 1.165) is 0 Å². The lowest BCUT2D eigenvalue weighted by molar-refractivity contribution is -0.122. The Morgan fingerprint density at radius 2 is 2.00 bits per heavy atom. The van der Waals surface area contributed by atoms with Gasteiger partial charge in [0.05, 0.1) is 5.25 Å². The third kappa shape index (κ3) is 3.34. The Morgan fingerprint density at radius 3 is 2.10 bits per heavy atom.